The average molecular weight is 415 g/mol. The van der Waals surface area contributed by atoms with Gasteiger partial charge >= 0.3 is 0 Å². The number of hydrogen-bond donors (Lipinski definition) is 0. The molecule has 0 spiro atoms. The topological polar surface area (TPSA) is 24.9 Å². The van der Waals surface area contributed by atoms with Crippen LogP contribution in [0.25, 0.3) is 0 Å². The molecule has 0 aromatic heterocycles. The van der Waals surface area contributed by atoms with E-state index in [0.29, 0.717) is 6.79 Å². The first-order valence-corrected chi connectivity index (χ1v) is 11.1. The molecule has 1 atom stereocenters. The zero-order chi connectivity index (χ0) is 21.3. The van der Waals surface area contributed by atoms with Crippen LogP contribution in [0.1, 0.15) is 29.7 Å². The Labute approximate surface area is 185 Å². The van der Waals surface area contributed by atoms with E-state index in [1.807, 2.05) is 6.07 Å². The highest BCUT2D eigenvalue weighted by Gasteiger charge is 2.39. The summed E-state index contributed by atoms with van der Waals surface area (Å²) in [5.41, 5.74) is 4.01. The molecule has 3 aromatic rings. The fourth-order valence-corrected chi connectivity index (χ4v) is 4.97. The van der Waals surface area contributed by atoms with Gasteiger partial charge in [0.15, 0.2) is 11.5 Å². The Kier molecular flexibility index (Phi) is 5.43. The number of benzene rings is 3. The van der Waals surface area contributed by atoms with Crippen LogP contribution in [-0.4, -0.2) is 48.8 Å². The number of rotatable bonds is 5. The highest BCUT2D eigenvalue weighted by Crippen LogP contribution is 2.37. The van der Waals surface area contributed by atoms with Gasteiger partial charge in [-0.3, -0.25) is 9.80 Å². The van der Waals surface area contributed by atoms with Crippen molar-refractivity contribution < 1.29 is 9.47 Å². The number of hydrogen-bond acceptors (Lipinski definition) is 4. The first-order valence-electron chi connectivity index (χ1n) is 11.1. The summed E-state index contributed by atoms with van der Waals surface area (Å²) in [4.78, 5) is 5.17. The van der Waals surface area contributed by atoms with Gasteiger partial charge in [-0.25, -0.2) is 0 Å². The molecule has 3 aromatic carbocycles. The number of nitrogens with zero attached hydrogens (tertiary/aromatic N) is 2. The lowest BCUT2D eigenvalue weighted by molar-refractivity contribution is 0.0133. The van der Waals surface area contributed by atoms with Gasteiger partial charge in [-0.1, -0.05) is 66.7 Å². The molecule has 4 heteroatoms. The van der Waals surface area contributed by atoms with Crippen molar-refractivity contribution in [3.8, 4) is 11.5 Å². The lowest BCUT2D eigenvalue weighted by atomic mass is 9.86. The molecule has 2 heterocycles. The molecule has 0 saturated carbocycles. The van der Waals surface area contributed by atoms with Crippen molar-refractivity contribution >= 4 is 0 Å². The van der Waals surface area contributed by atoms with E-state index in [1.54, 1.807) is 0 Å². The maximum absolute atomic E-state index is 5.62. The van der Waals surface area contributed by atoms with Gasteiger partial charge in [0, 0.05) is 25.2 Å². The molecule has 0 radical (unpaired) electrons. The van der Waals surface area contributed by atoms with Crippen LogP contribution >= 0.6 is 0 Å². The van der Waals surface area contributed by atoms with Gasteiger partial charge in [-0.2, -0.15) is 0 Å². The molecule has 0 aliphatic carbocycles. The second kappa shape index (κ2) is 8.37. The molecular weight excluding hydrogens is 384 g/mol. The van der Waals surface area contributed by atoms with E-state index in [9.17, 15) is 0 Å². The van der Waals surface area contributed by atoms with E-state index >= 15 is 0 Å². The van der Waals surface area contributed by atoms with Crippen molar-refractivity contribution in [2.24, 2.45) is 0 Å². The number of piperazine rings is 1. The Morgan fingerprint density at radius 3 is 2.16 bits per heavy atom. The zero-order valence-electron chi connectivity index (χ0n) is 18.3. The van der Waals surface area contributed by atoms with Gasteiger partial charge in [0.05, 0.1) is 6.04 Å². The Bertz CT molecular complexity index is 984. The largest absolute Gasteiger partial charge is 0.454 e. The van der Waals surface area contributed by atoms with E-state index in [2.05, 4.69) is 96.6 Å². The van der Waals surface area contributed by atoms with Crippen LogP contribution in [0, 0.1) is 0 Å². The minimum Gasteiger partial charge on any atom is -0.454 e. The molecule has 31 heavy (non-hydrogen) atoms. The van der Waals surface area contributed by atoms with E-state index < -0.39 is 0 Å². The van der Waals surface area contributed by atoms with E-state index in [1.165, 1.54) is 16.7 Å². The van der Waals surface area contributed by atoms with Gasteiger partial charge in [-0.05, 0) is 49.2 Å². The molecule has 5 rings (SSSR count). The highest BCUT2D eigenvalue weighted by atomic mass is 16.7. The van der Waals surface area contributed by atoms with E-state index in [4.69, 9.17) is 9.47 Å². The van der Waals surface area contributed by atoms with Crippen LogP contribution < -0.4 is 9.47 Å². The summed E-state index contributed by atoms with van der Waals surface area (Å²) < 4.78 is 11.1. The van der Waals surface area contributed by atoms with Gasteiger partial charge in [0.25, 0.3) is 0 Å². The van der Waals surface area contributed by atoms with Crippen molar-refractivity contribution in [2.45, 2.75) is 24.9 Å². The zero-order valence-corrected chi connectivity index (χ0v) is 18.3. The summed E-state index contributed by atoms with van der Waals surface area (Å²) in [6, 6.07) is 28.4. The lowest BCUT2D eigenvalue weighted by Crippen LogP contribution is -2.60. The third kappa shape index (κ3) is 4.06. The molecule has 1 saturated heterocycles. The average Bonchev–Trinajstić information content (AvgIpc) is 3.26. The third-order valence-corrected chi connectivity index (χ3v) is 6.81. The van der Waals surface area contributed by atoms with Crippen LogP contribution in [0.5, 0.6) is 11.5 Å². The minimum absolute atomic E-state index is 0.0216. The van der Waals surface area contributed by atoms with E-state index in [-0.39, 0.29) is 11.6 Å². The summed E-state index contributed by atoms with van der Waals surface area (Å²) in [6.45, 7) is 5.78. The predicted octanol–water partition coefficient (Wildman–Crippen LogP) is 4.75. The molecule has 1 unspecified atom stereocenters. The second-order valence-electron chi connectivity index (χ2n) is 8.98. The summed E-state index contributed by atoms with van der Waals surface area (Å²) in [7, 11) is 2.25. The monoisotopic (exact) mass is 414 g/mol. The number of fused-ring (bicyclic) bond motifs is 1. The van der Waals surface area contributed by atoms with Gasteiger partial charge in [-0.15, -0.1) is 0 Å². The van der Waals surface area contributed by atoms with Gasteiger partial charge in [0.2, 0.25) is 6.79 Å². The first kappa shape index (κ1) is 20.1. The molecule has 2 aliphatic heterocycles. The lowest BCUT2D eigenvalue weighted by Gasteiger charge is -2.50. The van der Waals surface area contributed by atoms with Crippen molar-refractivity contribution in [3.05, 3.63) is 95.6 Å². The SMILES string of the molecule is CN1CCN(C(c2ccccc2)c2ccccc2)CC1(C)Cc1ccc2c(c1)OCO2. The van der Waals surface area contributed by atoms with Gasteiger partial charge in [0.1, 0.15) is 0 Å². The Morgan fingerprint density at radius 2 is 1.48 bits per heavy atom. The maximum atomic E-state index is 5.62. The summed E-state index contributed by atoms with van der Waals surface area (Å²) in [5, 5.41) is 0. The summed E-state index contributed by atoms with van der Waals surface area (Å²) in [5.74, 6) is 1.71. The molecule has 0 amide bonds. The normalized spacial score (nSPS) is 21.5. The predicted molar refractivity (Wildman–Crippen MR) is 124 cm³/mol. The molecule has 2 aliphatic rings. The molecule has 4 nitrogen and oxygen atoms in total. The molecule has 0 N–H and O–H groups in total. The minimum atomic E-state index is 0.0216. The summed E-state index contributed by atoms with van der Waals surface area (Å²) in [6.07, 6.45) is 0.965. The molecule has 160 valence electrons. The third-order valence-electron chi connectivity index (χ3n) is 6.81. The van der Waals surface area contributed by atoms with Crippen LogP contribution in [0.4, 0.5) is 0 Å². The van der Waals surface area contributed by atoms with Crippen LogP contribution in [0.2, 0.25) is 0 Å². The van der Waals surface area contributed by atoms with Crippen molar-refractivity contribution in [1.29, 1.82) is 0 Å². The summed E-state index contributed by atoms with van der Waals surface area (Å²) >= 11 is 0. The second-order valence-corrected chi connectivity index (χ2v) is 8.98. The number of ether oxygens (including phenoxy) is 2. The molecular formula is C27H30N2O2. The van der Waals surface area contributed by atoms with Crippen LogP contribution in [0.3, 0.4) is 0 Å². The van der Waals surface area contributed by atoms with Crippen molar-refractivity contribution in [2.75, 3.05) is 33.5 Å². The molecule has 0 bridgehead atoms. The standard InChI is InChI=1S/C27H30N2O2/c1-27(18-21-13-14-24-25(17-21)31-20-30-24)19-29(16-15-28(27)2)26(22-9-5-3-6-10-22)23-11-7-4-8-12-23/h3-14,17,26H,15-16,18-20H2,1-2H3. The maximum Gasteiger partial charge on any atom is 0.231 e. The van der Waals surface area contributed by atoms with Crippen molar-refractivity contribution in [3.63, 3.8) is 0 Å². The fraction of sp³-hybridized carbons (Fsp3) is 0.333. The first-order chi connectivity index (χ1) is 15.1. The van der Waals surface area contributed by atoms with E-state index in [0.717, 1.165) is 37.6 Å². The number of likely N-dealkylation sites (N-methyl/N-ethyl adjacent to an activating group) is 1. The Hall–Kier alpha value is -2.82. The van der Waals surface area contributed by atoms with Crippen LogP contribution in [-0.2, 0) is 6.42 Å². The highest BCUT2D eigenvalue weighted by molar-refractivity contribution is 5.45. The Morgan fingerprint density at radius 1 is 0.839 bits per heavy atom. The van der Waals surface area contributed by atoms with Gasteiger partial charge < -0.3 is 9.47 Å². The molecule has 1 fully saturated rings. The van der Waals surface area contributed by atoms with Crippen LogP contribution in [0.15, 0.2) is 78.9 Å². The Balaban J connectivity index is 1.44. The van der Waals surface area contributed by atoms with Crippen molar-refractivity contribution in [1.82, 2.24) is 9.80 Å². The fourth-order valence-electron chi connectivity index (χ4n) is 4.97. The smallest absolute Gasteiger partial charge is 0.231 e. The quantitative estimate of drug-likeness (QED) is 0.601.